The van der Waals surface area contributed by atoms with Crippen LogP contribution in [0.25, 0.3) is 0 Å². The number of carbonyl (C=O) groups excluding carboxylic acids is 2. The van der Waals surface area contributed by atoms with Crippen molar-refractivity contribution in [2.75, 3.05) is 0 Å². The molecule has 2 saturated carbocycles. The van der Waals surface area contributed by atoms with Crippen molar-refractivity contribution in [3.63, 3.8) is 0 Å². The molecule has 0 unspecified atom stereocenters. The van der Waals surface area contributed by atoms with Crippen molar-refractivity contribution in [2.24, 2.45) is 5.92 Å². The monoisotopic (exact) mass is 538 g/mol. The number of hydrogen-bond acceptors (Lipinski definition) is 3. The molecule has 36 heavy (non-hydrogen) atoms. The largest absolute Gasteiger partial charge is 0.457 e. The molecule has 2 aliphatic rings. The SMILES string of the molecule is C=C(C)[C@H](OC(=O)[C]1[CH][CH][CH][C]1P(c1ccccc1)c1ccccc1)[C@H](C)CC=O.[CH]1[CH][CH][CH][CH]1.[Fe]. The van der Waals surface area contributed by atoms with Crippen LogP contribution in [0.5, 0.6) is 0 Å². The minimum atomic E-state index is -0.904. The van der Waals surface area contributed by atoms with Gasteiger partial charge >= 0.3 is 5.97 Å². The zero-order chi connectivity index (χ0) is 25.0. The van der Waals surface area contributed by atoms with Gasteiger partial charge in [-0.3, -0.25) is 4.79 Å². The fourth-order valence-electron chi connectivity index (χ4n) is 3.84. The third-order valence-electron chi connectivity index (χ3n) is 5.54. The van der Waals surface area contributed by atoms with Gasteiger partial charge < -0.3 is 9.53 Å². The molecule has 2 aliphatic carbocycles. The summed E-state index contributed by atoms with van der Waals surface area (Å²) in [6.07, 6.45) is 16.4. The Balaban J connectivity index is 0.000000678. The minimum Gasteiger partial charge on any atom is -0.457 e. The van der Waals surface area contributed by atoms with Gasteiger partial charge in [0.25, 0.3) is 0 Å². The number of rotatable bonds is 9. The topological polar surface area (TPSA) is 43.4 Å². The van der Waals surface area contributed by atoms with Gasteiger partial charge in [0.15, 0.2) is 0 Å². The van der Waals surface area contributed by atoms with Crippen molar-refractivity contribution in [3.8, 4) is 0 Å². The molecule has 0 aromatic heterocycles. The van der Waals surface area contributed by atoms with E-state index in [-0.39, 0.29) is 29.0 Å². The van der Waals surface area contributed by atoms with Crippen molar-refractivity contribution in [3.05, 3.63) is 136 Å². The summed E-state index contributed by atoms with van der Waals surface area (Å²) in [5, 5.41) is 2.34. The molecule has 10 radical (unpaired) electrons. The van der Waals surface area contributed by atoms with Crippen LogP contribution in [0.4, 0.5) is 0 Å². The van der Waals surface area contributed by atoms with Crippen molar-refractivity contribution >= 4 is 30.8 Å². The number of esters is 1. The Bertz CT molecular complexity index is 882. The van der Waals surface area contributed by atoms with Crippen molar-refractivity contribution in [1.82, 2.24) is 0 Å². The van der Waals surface area contributed by atoms with Crippen LogP contribution in [0, 0.1) is 68.9 Å². The average molecular weight is 538 g/mol. The molecule has 0 saturated heterocycles. The van der Waals surface area contributed by atoms with E-state index in [9.17, 15) is 9.59 Å². The third-order valence-corrected chi connectivity index (χ3v) is 8.04. The maximum absolute atomic E-state index is 13.2. The Kier molecular flexibility index (Phi) is 13.7. The van der Waals surface area contributed by atoms with Crippen molar-refractivity contribution < 1.29 is 31.4 Å². The quantitative estimate of drug-likeness (QED) is 0.138. The van der Waals surface area contributed by atoms with Crippen LogP contribution in [0.2, 0.25) is 0 Å². The first-order valence-corrected chi connectivity index (χ1v) is 13.0. The second-order valence-corrected chi connectivity index (χ2v) is 10.5. The van der Waals surface area contributed by atoms with Crippen molar-refractivity contribution in [2.45, 2.75) is 26.4 Å². The van der Waals surface area contributed by atoms with E-state index >= 15 is 0 Å². The normalized spacial score (nSPS) is 17.4. The predicted molar refractivity (Wildman–Crippen MR) is 144 cm³/mol. The molecule has 0 spiro atoms. The number of ether oxygens (including phenoxy) is 1. The van der Waals surface area contributed by atoms with E-state index in [2.05, 4.69) is 30.8 Å². The zero-order valence-electron chi connectivity index (χ0n) is 20.6. The fraction of sp³-hybridized carbons (Fsp3) is 0.161. The van der Waals surface area contributed by atoms with Crippen LogP contribution in [-0.4, -0.2) is 18.4 Å². The van der Waals surface area contributed by atoms with E-state index < -0.39 is 14.0 Å². The van der Waals surface area contributed by atoms with Gasteiger partial charge in [0, 0.05) is 35.1 Å². The molecule has 0 heterocycles. The standard InChI is InChI=1S/C26H26O3P.C5H5.Fe/c1-19(2)25(20(3)17-18-27)29-26(28)23-15-10-16-24(23)30(21-11-6-4-7-12-21)22-13-8-5-9-14-22;1-2-4-5-3-1;/h4-16,18,20,25H,1,17H2,2-3H3;1-5H;/t20-,25+;;/m1../s1. The van der Waals surface area contributed by atoms with Gasteiger partial charge in [-0.25, -0.2) is 0 Å². The molecule has 0 bridgehead atoms. The molecule has 0 amide bonds. The van der Waals surface area contributed by atoms with E-state index in [4.69, 9.17) is 4.74 Å². The Morgan fingerprint density at radius 3 is 1.83 bits per heavy atom. The molecule has 2 fully saturated rings. The van der Waals surface area contributed by atoms with E-state index in [1.54, 1.807) is 0 Å². The molecule has 5 heteroatoms. The van der Waals surface area contributed by atoms with E-state index in [1.807, 2.05) is 102 Å². The summed E-state index contributed by atoms with van der Waals surface area (Å²) < 4.78 is 5.85. The summed E-state index contributed by atoms with van der Waals surface area (Å²) in [5.74, 6) is 0.0746. The summed E-state index contributed by atoms with van der Waals surface area (Å²) in [6, 6.07) is 20.5. The number of hydrogen-bond donors (Lipinski definition) is 0. The van der Waals surface area contributed by atoms with Gasteiger partial charge in [0.05, 0.1) is 0 Å². The van der Waals surface area contributed by atoms with Gasteiger partial charge in [-0.1, -0.05) is 74.2 Å². The fourth-order valence-corrected chi connectivity index (χ4v) is 6.27. The molecule has 2 aromatic carbocycles. The van der Waals surface area contributed by atoms with E-state index in [0.717, 1.165) is 17.5 Å². The van der Waals surface area contributed by atoms with Gasteiger partial charge in [-0.05, 0) is 82.4 Å². The molecule has 2 atom stereocenters. The molecule has 4 rings (SSSR count). The maximum atomic E-state index is 13.2. The zero-order valence-corrected chi connectivity index (χ0v) is 22.6. The Labute approximate surface area is 229 Å². The Morgan fingerprint density at radius 2 is 1.39 bits per heavy atom. The number of aldehydes is 1. The molecule has 0 N–H and O–H groups in total. The second kappa shape index (κ2) is 16.2. The first-order valence-electron chi connectivity index (χ1n) is 11.7. The second-order valence-electron chi connectivity index (χ2n) is 8.35. The minimum absolute atomic E-state index is 0. The average Bonchev–Trinajstić information content (AvgIpc) is 3.60. The third kappa shape index (κ3) is 8.69. The Morgan fingerprint density at radius 1 is 0.889 bits per heavy atom. The van der Waals surface area contributed by atoms with E-state index in [1.165, 1.54) is 10.6 Å². The van der Waals surface area contributed by atoms with Crippen LogP contribution in [0.1, 0.15) is 20.3 Å². The van der Waals surface area contributed by atoms with E-state index in [0.29, 0.717) is 12.3 Å². The maximum Gasteiger partial charge on any atom is 0.315 e. The summed E-state index contributed by atoms with van der Waals surface area (Å²) in [4.78, 5) is 24.1. The van der Waals surface area contributed by atoms with Crippen LogP contribution >= 0.6 is 7.92 Å². The van der Waals surface area contributed by atoms with Crippen LogP contribution in [0.3, 0.4) is 0 Å². The first-order chi connectivity index (χ1) is 17.0. The molecular formula is C31H31FeO3P. The van der Waals surface area contributed by atoms with Gasteiger partial charge in [0.2, 0.25) is 0 Å². The molecule has 3 nitrogen and oxygen atoms in total. The van der Waals surface area contributed by atoms with Crippen LogP contribution in [0.15, 0.2) is 72.8 Å². The van der Waals surface area contributed by atoms with Gasteiger partial charge in [-0.2, -0.15) is 0 Å². The number of benzene rings is 2. The smallest absolute Gasteiger partial charge is 0.315 e. The predicted octanol–water partition coefficient (Wildman–Crippen LogP) is 5.58. The summed E-state index contributed by atoms with van der Waals surface area (Å²) in [5.41, 5.74) is 1.70. The molecule has 186 valence electrons. The summed E-state index contributed by atoms with van der Waals surface area (Å²) >= 11 is 0. The van der Waals surface area contributed by atoms with Crippen LogP contribution in [-0.2, 0) is 31.4 Å². The van der Waals surface area contributed by atoms with Gasteiger partial charge in [0.1, 0.15) is 18.3 Å². The molecule has 0 aliphatic heterocycles. The molecule has 2 aromatic rings. The number of carbonyl (C=O) groups is 2. The summed E-state index contributed by atoms with van der Waals surface area (Å²) in [7, 11) is -0.904. The first kappa shape index (κ1) is 30.5. The Hall–Kier alpha value is -1.73. The van der Waals surface area contributed by atoms with Crippen molar-refractivity contribution in [1.29, 1.82) is 0 Å². The summed E-state index contributed by atoms with van der Waals surface area (Å²) in [6.45, 7) is 7.68. The van der Waals surface area contributed by atoms with Crippen LogP contribution < -0.4 is 10.6 Å². The van der Waals surface area contributed by atoms with Gasteiger partial charge in [-0.15, -0.1) is 0 Å². The molecular weight excluding hydrogens is 507 g/mol.